The first-order valence-corrected chi connectivity index (χ1v) is 7.35. The van der Waals surface area contributed by atoms with Crippen LogP contribution in [-0.2, 0) is 20.0 Å². The zero-order valence-electron chi connectivity index (χ0n) is 12.9. The molecule has 0 aromatic carbocycles. The number of carbonyl (C=O) groups is 1. The van der Waals surface area contributed by atoms with Crippen molar-refractivity contribution in [3.63, 3.8) is 0 Å². The van der Waals surface area contributed by atoms with E-state index in [1.165, 1.54) is 6.26 Å². The summed E-state index contributed by atoms with van der Waals surface area (Å²) in [5.41, 5.74) is 1.41. The van der Waals surface area contributed by atoms with Gasteiger partial charge in [0.1, 0.15) is 5.69 Å². The number of aromatic nitrogens is 4. The molecule has 1 amide bonds. The molecule has 0 unspecified atom stereocenters. The van der Waals surface area contributed by atoms with Crippen LogP contribution in [-0.4, -0.2) is 25.8 Å². The Balaban J connectivity index is 1.63. The standard InChI is InChI=1S/C15H17N5O3/c1-3-5-10-8-11(20(2)18-10)14(21)16-9-13-17-15(23-19-13)12-6-4-7-22-12/h4,6-8H,3,5,9H2,1-2H3,(H,16,21). The molecular formula is C15H17N5O3. The van der Waals surface area contributed by atoms with Crippen molar-refractivity contribution in [1.82, 2.24) is 25.2 Å². The lowest BCUT2D eigenvalue weighted by molar-refractivity contribution is 0.0940. The largest absolute Gasteiger partial charge is 0.459 e. The van der Waals surface area contributed by atoms with Crippen molar-refractivity contribution in [3.05, 3.63) is 41.7 Å². The molecule has 120 valence electrons. The summed E-state index contributed by atoms with van der Waals surface area (Å²) in [6.45, 7) is 2.23. The maximum Gasteiger partial charge on any atom is 0.293 e. The van der Waals surface area contributed by atoms with E-state index in [1.807, 2.05) is 0 Å². The lowest BCUT2D eigenvalue weighted by atomic mass is 10.2. The average molecular weight is 315 g/mol. The summed E-state index contributed by atoms with van der Waals surface area (Å²) in [5, 5.41) is 10.9. The van der Waals surface area contributed by atoms with Gasteiger partial charge in [-0.1, -0.05) is 18.5 Å². The molecule has 0 bridgehead atoms. The Hall–Kier alpha value is -2.90. The Bertz CT molecular complexity index is 788. The van der Waals surface area contributed by atoms with Gasteiger partial charge >= 0.3 is 0 Å². The smallest absolute Gasteiger partial charge is 0.293 e. The molecule has 0 aliphatic carbocycles. The Morgan fingerprint density at radius 3 is 3.04 bits per heavy atom. The molecule has 3 heterocycles. The first-order valence-electron chi connectivity index (χ1n) is 7.35. The van der Waals surface area contributed by atoms with Crippen LogP contribution in [0.2, 0.25) is 0 Å². The number of nitrogens with zero attached hydrogens (tertiary/aromatic N) is 4. The molecule has 3 aromatic rings. The summed E-state index contributed by atoms with van der Waals surface area (Å²) >= 11 is 0. The van der Waals surface area contributed by atoms with Crippen LogP contribution in [0.1, 0.15) is 35.4 Å². The van der Waals surface area contributed by atoms with Crippen LogP contribution < -0.4 is 5.32 Å². The summed E-state index contributed by atoms with van der Waals surface area (Å²) in [6.07, 6.45) is 3.35. The van der Waals surface area contributed by atoms with Gasteiger partial charge < -0.3 is 14.3 Å². The van der Waals surface area contributed by atoms with Crippen molar-refractivity contribution in [1.29, 1.82) is 0 Å². The highest BCUT2D eigenvalue weighted by atomic mass is 16.5. The quantitative estimate of drug-likeness (QED) is 0.746. The highest BCUT2D eigenvalue weighted by molar-refractivity contribution is 5.92. The van der Waals surface area contributed by atoms with E-state index in [0.717, 1.165) is 18.5 Å². The number of amides is 1. The number of rotatable bonds is 6. The van der Waals surface area contributed by atoms with E-state index in [1.54, 1.807) is 29.9 Å². The van der Waals surface area contributed by atoms with Gasteiger partial charge in [0.2, 0.25) is 0 Å². The van der Waals surface area contributed by atoms with Crippen molar-refractivity contribution in [2.45, 2.75) is 26.3 Å². The monoisotopic (exact) mass is 315 g/mol. The molecule has 0 radical (unpaired) electrons. The van der Waals surface area contributed by atoms with E-state index >= 15 is 0 Å². The lowest BCUT2D eigenvalue weighted by Crippen LogP contribution is -2.25. The van der Waals surface area contributed by atoms with E-state index in [-0.39, 0.29) is 18.3 Å². The fourth-order valence-electron chi connectivity index (χ4n) is 2.19. The Morgan fingerprint density at radius 1 is 1.43 bits per heavy atom. The summed E-state index contributed by atoms with van der Waals surface area (Å²) in [6, 6.07) is 5.25. The maximum absolute atomic E-state index is 12.2. The van der Waals surface area contributed by atoms with E-state index in [0.29, 0.717) is 17.3 Å². The third kappa shape index (κ3) is 3.31. The fourth-order valence-corrected chi connectivity index (χ4v) is 2.19. The Labute approximate surface area is 132 Å². The predicted molar refractivity (Wildman–Crippen MR) is 80.4 cm³/mol. The normalized spacial score (nSPS) is 10.9. The van der Waals surface area contributed by atoms with Crippen molar-refractivity contribution in [3.8, 4) is 11.7 Å². The van der Waals surface area contributed by atoms with Crippen molar-refractivity contribution >= 4 is 5.91 Å². The minimum atomic E-state index is -0.230. The minimum absolute atomic E-state index is 0.164. The molecule has 0 spiro atoms. The van der Waals surface area contributed by atoms with Crippen LogP contribution in [0, 0.1) is 0 Å². The molecule has 0 aliphatic heterocycles. The average Bonchev–Trinajstić information content (AvgIpc) is 3.25. The number of nitrogens with one attached hydrogen (secondary N) is 1. The Kier molecular flexibility index (Phi) is 4.22. The Morgan fingerprint density at radius 2 is 2.30 bits per heavy atom. The van der Waals surface area contributed by atoms with Crippen LogP contribution >= 0.6 is 0 Å². The van der Waals surface area contributed by atoms with Crippen LogP contribution in [0.3, 0.4) is 0 Å². The molecule has 0 saturated carbocycles. The van der Waals surface area contributed by atoms with Crippen LogP contribution in [0.25, 0.3) is 11.7 Å². The van der Waals surface area contributed by atoms with E-state index in [9.17, 15) is 4.79 Å². The van der Waals surface area contributed by atoms with Gasteiger partial charge in [-0.25, -0.2) is 0 Å². The molecule has 8 heteroatoms. The van der Waals surface area contributed by atoms with Gasteiger partial charge in [0.05, 0.1) is 18.5 Å². The second kappa shape index (κ2) is 6.47. The molecular weight excluding hydrogens is 298 g/mol. The zero-order valence-corrected chi connectivity index (χ0v) is 12.9. The highest BCUT2D eigenvalue weighted by Gasteiger charge is 2.15. The van der Waals surface area contributed by atoms with E-state index in [4.69, 9.17) is 8.94 Å². The van der Waals surface area contributed by atoms with Gasteiger partial charge in [0.25, 0.3) is 11.8 Å². The first-order chi connectivity index (χ1) is 11.2. The minimum Gasteiger partial charge on any atom is -0.459 e. The number of hydrogen-bond acceptors (Lipinski definition) is 6. The number of aryl methyl sites for hydroxylation is 2. The van der Waals surface area contributed by atoms with E-state index in [2.05, 4.69) is 27.5 Å². The third-order valence-corrected chi connectivity index (χ3v) is 3.28. The highest BCUT2D eigenvalue weighted by Crippen LogP contribution is 2.16. The summed E-state index contributed by atoms with van der Waals surface area (Å²) < 4.78 is 11.8. The lowest BCUT2D eigenvalue weighted by Gasteiger charge is -2.01. The second-order valence-electron chi connectivity index (χ2n) is 5.07. The van der Waals surface area contributed by atoms with Gasteiger partial charge in [0, 0.05) is 7.05 Å². The molecule has 0 fully saturated rings. The molecule has 8 nitrogen and oxygen atoms in total. The first kappa shape index (κ1) is 15.0. The number of hydrogen-bond donors (Lipinski definition) is 1. The summed E-state index contributed by atoms with van der Waals surface area (Å²) in [5.74, 6) is 0.920. The zero-order chi connectivity index (χ0) is 16.2. The third-order valence-electron chi connectivity index (χ3n) is 3.28. The van der Waals surface area contributed by atoms with Crippen molar-refractivity contribution < 1.29 is 13.7 Å². The maximum atomic E-state index is 12.2. The molecule has 3 rings (SSSR count). The van der Waals surface area contributed by atoms with Crippen LogP contribution in [0.15, 0.2) is 33.4 Å². The molecule has 23 heavy (non-hydrogen) atoms. The van der Waals surface area contributed by atoms with Crippen molar-refractivity contribution in [2.75, 3.05) is 0 Å². The molecule has 0 aliphatic rings. The predicted octanol–water partition coefficient (Wildman–Crippen LogP) is 1.95. The fraction of sp³-hybridized carbons (Fsp3) is 0.333. The van der Waals surface area contributed by atoms with Gasteiger partial charge in [-0.05, 0) is 24.6 Å². The summed E-state index contributed by atoms with van der Waals surface area (Å²) in [4.78, 5) is 16.4. The van der Waals surface area contributed by atoms with E-state index < -0.39 is 0 Å². The topological polar surface area (TPSA) is 99.0 Å². The SMILES string of the molecule is CCCc1cc(C(=O)NCc2noc(-c3ccco3)n2)n(C)n1. The van der Waals surface area contributed by atoms with Gasteiger partial charge in [-0.3, -0.25) is 9.48 Å². The van der Waals surface area contributed by atoms with Gasteiger partial charge in [-0.2, -0.15) is 10.1 Å². The van der Waals surface area contributed by atoms with Crippen LogP contribution in [0.5, 0.6) is 0 Å². The summed E-state index contributed by atoms with van der Waals surface area (Å²) in [7, 11) is 1.75. The van der Waals surface area contributed by atoms with Crippen molar-refractivity contribution in [2.24, 2.45) is 7.05 Å². The van der Waals surface area contributed by atoms with Gasteiger partial charge in [0.15, 0.2) is 11.6 Å². The second-order valence-corrected chi connectivity index (χ2v) is 5.07. The molecule has 0 atom stereocenters. The van der Waals surface area contributed by atoms with Gasteiger partial charge in [-0.15, -0.1) is 0 Å². The van der Waals surface area contributed by atoms with Crippen LogP contribution in [0.4, 0.5) is 0 Å². The molecule has 3 aromatic heterocycles. The molecule has 0 saturated heterocycles. The number of furan rings is 1. The molecule has 1 N–H and O–H groups in total. The number of carbonyl (C=O) groups excluding carboxylic acids is 1.